The van der Waals surface area contributed by atoms with E-state index in [0.29, 0.717) is 22.3 Å². The van der Waals surface area contributed by atoms with Crippen molar-refractivity contribution in [1.29, 1.82) is 0 Å². The molecule has 0 bridgehead atoms. The molecule has 0 saturated heterocycles. The number of nitrogens with zero attached hydrogens (tertiary/aromatic N) is 2. The van der Waals surface area contributed by atoms with E-state index in [1.165, 1.54) is 17.0 Å². The number of para-hydroxylation sites is 1. The fraction of sp³-hybridized carbons (Fsp3) is 0.176. The van der Waals surface area contributed by atoms with Gasteiger partial charge in [-0.3, -0.25) is 19.4 Å². The lowest BCUT2D eigenvalue weighted by molar-refractivity contribution is -0.114. The van der Waals surface area contributed by atoms with Gasteiger partial charge in [-0.15, -0.1) is 0 Å². The van der Waals surface area contributed by atoms with E-state index in [1.54, 1.807) is 24.3 Å². The molecule has 3 rings (SSSR count). The lowest BCUT2D eigenvalue weighted by Gasteiger charge is -2.25. The molecule has 0 aromatic heterocycles. The van der Waals surface area contributed by atoms with Crippen molar-refractivity contribution >= 4 is 33.3 Å². The monoisotopic (exact) mass is 376 g/mol. The molecule has 1 aliphatic rings. The highest BCUT2D eigenvalue weighted by atomic mass is 79.9. The van der Waals surface area contributed by atoms with Crippen LogP contribution in [0, 0.1) is 5.82 Å². The van der Waals surface area contributed by atoms with Crippen molar-refractivity contribution in [3.8, 4) is 0 Å². The first kappa shape index (κ1) is 15.8. The van der Waals surface area contributed by atoms with Crippen molar-refractivity contribution in [3.05, 3.63) is 63.9 Å². The van der Waals surface area contributed by atoms with E-state index >= 15 is 0 Å². The van der Waals surface area contributed by atoms with E-state index in [2.05, 4.69) is 15.9 Å². The number of halogens is 2. The highest BCUT2D eigenvalue weighted by Gasteiger charge is 2.37. The molecule has 0 fully saturated rings. The first-order valence-electron chi connectivity index (χ1n) is 7.05. The van der Waals surface area contributed by atoms with Crippen LogP contribution in [0.25, 0.3) is 0 Å². The zero-order valence-electron chi connectivity index (χ0n) is 12.4. The maximum Gasteiger partial charge on any atom is 0.300 e. The van der Waals surface area contributed by atoms with Crippen molar-refractivity contribution in [2.24, 2.45) is 0 Å². The van der Waals surface area contributed by atoms with E-state index in [-0.39, 0.29) is 12.5 Å². The topological polar surface area (TPSA) is 40.6 Å². The Balaban J connectivity index is 1.80. The normalized spacial score (nSPS) is 13.8. The molecule has 6 heteroatoms. The number of rotatable bonds is 4. The number of ketones is 1. The molecule has 0 saturated carbocycles. The van der Waals surface area contributed by atoms with Crippen LogP contribution in [-0.2, 0) is 11.3 Å². The SMILES string of the molecule is CN(Cc1cccc(F)c1)CN1C(=O)C(=O)c2cccc(Br)c21. The van der Waals surface area contributed by atoms with Gasteiger partial charge in [0.25, 0.3) is 5.78 Å². The van der Waals surface area contributed by atoms with Gasteiger partial charge in [-0.2, -0.15) is 0 Å². The molecule has 1 aliphatic heterocycles. The van der Waals surface area contributed by atoms with E-state index in [0.717, 1.165) is 5.56 Å². The Kier molecular flexibility index (Phi) is 4.28. The summed E-state index contributed by atoms with van der Waals surface area (Å²) in [6.45, 7) is 0.715. The Bertz CT molecular complexity index is 794. The summed E-state index contributed by atoms with van der Waals surface area (Å²) in [4.78, 5) is 27.6. The van der Waals surface area contributed by atoms with Crippen LogP contribution in [0.3, 0.4) is 0 Å². The van der Waals surface area contributed by atoms with Gasteiger partial charge in [0, 0.05) is 11.0 Å². The van der Waals surface area contributed by atoms with Crippen LogP contribution >= 0.6 is 15.9 Å². The summed E-state index contributed by atoms with van der Waals surface area (Å²) in [6.07, 6.45) is 0. The third-order valence-corrected chi connectivity index (χ3v) is 4.30. The van der Waals surface area contributed by atoms with Gasteiger partial charge in [-0.25, -0.2) is 4.39 Å². The summed E-state index contributed by atoms with van der Waals surface area (Å²) in [5.41, 5.74) is 1.80. The number of hydrogen-bond donors (Lipinski definition) is 0. The first-order valence-corrected chi connectivity index (χ1v) is 7.84. The van der Waals surface area contributed by atoms with Crippen LogP contribution in [0.4, 0.5) is 10.1 Å². The molecule has 0 radical (unpaired) electrons. The minimum Gasteiger partial charge on any atom is -0.290 e. The number of fused-ring (bicyclic) bond motifs is 1. The van der Waals surface area contributed by atoms with Gasteiger partial charge in [-0.05, 0) is 52.8 Å². The average Bonchev–Trinajstić information content (AvgIpc) is 2.74. The van der Waals surface area contributed by atoms with Gasteiger partial charge in [0.05, 0.1) is 17.9 Å². The van der Waals surface area contributed by atoms with Crippen LogP contribution < -0.4 is 4.90 Å². The maximum absolute atomic E-state index is 13.3. The van der Waals surface area contributed by atoms with Gasteiger partial charge in [0.15, 0.2) is 0 Å². The largest absolute Gasteiger partial charge is 0.300 e. The van der Waals surface area contributed by atoms with Gasteiger partial charge >= 0.3 is 5.91 Å². The Labute approximate surface area is 141 Å². The molecule has 118 valence electrons. The molecule has 0 unspecified atom stereocenters. The van der Waals surface area contributed by atoms with Crippen LogP contribution in [0.5, 0.6) is 0 Å². The standard InChI is InChI=1S/C17H14BrFN2O2/c1-20(9-11-4-2-5-12(19)8-11)10-21-15-13(16(22)17(21)23)6-3-7-14(15)18/h2-8H,9-10H2,1H3. The van der Waals surface area contributed by atoms with E-state index < -0.39 is 11.7 Å². The molecule has 23 heavy (non-hydrogen) atoms. The Morgan fingerprint density at radius 1 is 1.17 bits per heavy atom. The maximum atomic E-state index is 13.3. The molecule has 0 aliphatic carbocycles. The second-order valence-corrected chi connectivity index (χ2v) is 6.34. The number of carbonyl (C=O) groups excluding carboxylic acids is 2. The number of anilines is 1. The number of amides is 1. The van der Waals surface area contributed by atoms with Crippen LogP contribution in [-0.4, -0.2) is 30.3 Å². The van der Waals surface area contributed by atoms with Crippen molar-refractivity contribution in [2.45, 2.75) is 6.54 Å². The summed E-state index contributed by atoms with van der Waals surface area (Å²) in [6, 6.07) is 11.5. The zero-order valence-corrected chi connectivity index (χ0v) is 14.0. The minimum atomic E-state index is -0.544. The molecule has 2 aromatic carbocycles. The zero-order chi connectivity index (χ0) is 16.6. The van der Waals surface area contributed by atoms with E-state index in [1.807, 2.05) is 18.0 Å². The smallest absolute Gasteiger partial charge is 0.290 e. The Morgan fingerprint density at radius 3 is 2.65 bits per heavy atom. The predicted molar refractivity (Wildman–Crippen MR) is 88.7 cm³/mol. The van der Waals surface area contributed by atoms with E-state index in [4.69, 9.17) is 0 Å². The quantitative estimate of drug-likeness (QED) is 0.769. The number of benzene rings is 2. The summed E-state index contributed by atoms with van der Waals surface area (Å²) >= 11 is 3.39. The van der Waals surface area contributed by atoms with Crippen molar-refractivity contribution in [2.75, 3.05) is 18.6 Å². The van der Waals surface area contributed by atoms with Crippen molar-refractivity contribution in [3.63, 3.8) is 0 Å². The van der Waals surface area contributed by atoms with E-state index in [9.17, 15) is 14.0 Å². The van der Waals surface area contributed by atoms with Crippen LogP contribution in [0.2, 0.25) is 0 Å². The van der Waals surface area contributed by atoms with Crippen LogP contribution in [0.15, 0.2) is 46.9 Å². The molecular formula is C17H14BrFN2O2. The summed E-state index contributed by atoms with van der Waals surface area (Å²) in [7, 11) is 1.82. The molecular weight excluding hydrogens is 363 g/mol. The molecule has 0 spiro atoms. The van der Waals surface area contributed by atoms with Gasteiger partial charge in [0.1, 0.15) is 5.82 Å². The van der Waals surface area contributed by atoms with Gasteiger partial charge < -0.3 is 0 Å². The first-order chi connectivity index (χ1) is 11.0. The third-order valence-electron chi connectivity index (χ3n) is 3.67. The second kappa shape index (κ2) is 6.22. The summed E-state index contributed by atoms with van der Waals surface area (Å²) < 4.78 is 14.0. The number of hydrogen-bond acceptors (Lipinski definition) is 3. The molecule has 1 amide bonds. The molecule has 0 atom stereocenters. The molecule has 1 heterocycles. The lowest BCUT2D eigenvalue weighted by atomic mass is 10.1. The fourth-order valence-electron chi connectivity index (χ4n) is 2.69. The predicted octanol–water partition coefficient (Wildman–Crippen LogP) is 3.21. The molecule has 4 nitrogen and oxygen atoms in total. The highest BCUT2D eigenvalue weighted by Crippen LogP contribution is 2.35. The minimum absolute atomic E-state index is 0.247. The van der Waals surface area contributed by atoms with Crippen LogP contribution in [0.1, 0.15) is 15.9 Å². The summed E-state index contributed by atoms with van der Waals surface area (Å²) in [5, 5.41) is 0. The summed E-state index contributed by atoms with van der Waals surface area (Å²) in [5.74, 6) is -1.34. The third kappa shape index (κ3) is 3.04. The lowest BCUT2D eigenvalue weighted by Crippen LogP contribution is -2.39. The fourth-order valence-corrected chi connectivity index (χ4v) is 3.27. The van der Waals surface area contributed by atoms with Gasteiger partial charge in [-0.1, -0.05) is 18.2 Å². The molecule has 2 aromatic rings. The Morgan fingerprint density at radius 2 is 1.91 bits per heavy atom. The number of Topliss-reactive ketones (excluding diaryl/α,β-unsaturated/α-hetero) is 1. The van der Waals surface area contributed by atoms with Crippen molar-refractivity contribution < 1.29 is 14.0 Å². The highest BCUT2D eigenvalue weighted by molar-refractivity contribution is 9.10. The van der Waals surface area contributed by atoms with Gasteiger partial charge in [0.2, 0.25) is 0 Å². The van der Waals surface area contributed by atoms with Crippen molar-refractivity contribution in [1.82, 2.24) is 4.90 Å². The number of carbonyl (C=O) groups is 2. The average molecular weight is 377 g/mol. The molecule has 0 N–H and O–H groups in total. The second-order valence-electron chi connectivity index (χ2n) is 5.48. The Hall–Kier alpha value is -2.05.